The van der Waals surface area contributed by atoms with Crippen molar-refractivity contribution < 1.29 is 0 Å². The first-order chi connectivity index (χ1) is 8.24. The van der Waals surface area contributed by atoms with Gasteiger partial charge in [0.2, 0.25) is 0 Å². The molecule has 1 aromatic carbocycles. The van der Waals surface area contributed by atoms with E-state index in [1.165, 1.54) is 25.0 Å². The minimum atomic E-state index is 0.481. The maximum absolute atomic E-state index is 5.99. The van der Waals surface area contributed by atoms with Crippen LogP contribution in [-0.4, -0.2) is 15.7 Å². The molecule has 1 aliphatic heterocycles. The van der Waals surface area contributed by atoms with Crippen LogP contribution in [0.15, 0.2) is 12.1 Å². The predicted molar refractivity (Wildman–Crippen MR) is 74.6 cm³/mol. The van der Waals surface area contributed by atoms with E-state index in [4.69, 9.17) is 17.3 Å². The fourth-order valence-electron chi connectivity index (χ4n) is 2.24. The first-order valence-electron chi connectivity index (χ1n) is 5.80. The molecule has 3 nitrogen and oxygen atoms in total. The molecule has 1 atom stereocenters. The summed E-state index contributed by atoms with van der Waals surface area (Å²) in [6.07, 6.45) is 3.79. The zero-order valence-electron chi connectivity index (χ0n) is 9.37. The molecule has 1 saturated heterocycles. The Balaban J connectivity index is 2.03. The van der Waals surface area contributed by atoms with E-state index < -0.39 is 0 Å². The Labute approximate surface area is 109 Å². The third-order valence-corrected chi connectivity index (χ3v) is 4.69. The van der Waals surface area contributed by atoms with Crippen molar-refractivity contribution in [2.75, 3.05) is 11.5 Å². The first-order valence-corrected chi connectivity index (χ1v) is 7.23. The highest BCUT2D eigenvalue weighted by Crippen LogP contribution is 2.38. The molecular weight excluding hydrogens is 254 g/mol. The lowest BCUT2D eigenvalue weighted by atomic mass is 10.2. The molecule has 1 aliphatic rings. The van der Waals surface area contributed by atoms with Crippen LogP contribution in [0.25, 0.3) is 11.0 Å². The van der Waals surface area contributed by atoms with Crippen molar-refractivity contribution in [1.29, 1.82) is 0 Å². The molecule has 3 rings (SSSR count). The van der Waals surface area contributed by atoms with Gasteiger partial charge in [0.1, 0.15) is 11.3 Å². The molecule has 0 amide bonds. The van der Waals surface area contributed by atoms with Gasteiger partial charge >= 0.3 is 0 Å². The fraction of sp³-hybridized carbons (Fsp3) is 0.417. The topological polar surface area (TPSA) is 54.7 Å². The second-order valence-electron chi connectivity index (χ2n) is 4.37. The molecule has 0 radical (unpaired) electrons. The molecule has 0 aliphatic carbocycles. The number of hydrogen-bond donors (Lipinski definition) is 2. The highest BCUT2D eigenvalue weighted by molar-refractivity contribution is 7.99. The van der Waals surface area contributed by atoms with Crippen molar-refractivity contribution >= 4 is 40.1 Å². The minimum absolute atomic E-state index is 0.481. The normalized spacial score (nSPS) is 20.9. The number of aromatic amines is 1. The van der Waals surface area contributed by atoms with E-state index in [9.17, 15) is 0 Å². The summed E-state index contributed by atoms with van der Waals surface area (Å²) in [7, 11) is 0. The summed E-state index contributed by atoms with van der Waals surface area (Å²) in [5, 5.41) is 1.14. The molecule has 2 heterocycles. The molecule has 3 N–H and O–H groups in total. The van der Waals surface area contributed by atoms with Gasteiger partial charge in [-0.3, -0.25) is 0 Å². The highest BCUT2D eigenvalue weighted by Gasteiger charge is 2.20. The Morgan fingerprint density at radius 2 is 2.29 bits per heavy atom. The largest absolute Gasteiger partial charge is 0.397 e. The van der Waals surface area contributed by atoms with Crippen molar-refractivity contribution in [3.8, 4) is 0 Å². The van der Waals surface area contributed by atoms with Gasteiger partial charge in [-0.25, -0.2) is 4.98 Å². The molecule has 0 bridgehead atoms. The molecule has 1 fully saturated rings. The fourth-order valence-corrected chi connectivity index (χ4v) is 3.72. The number of rotatable bonds is 1. The number of nitrogens with two attached hydrogens (primary N) is 1. The van der Waals surface area contributed by atoms with Crippen LogP contribution in [0.1, 0.15) is 30.3 Å². The van der Waals surface area contributed by atoms with Crippen molar-refractivity contribution in [2.24, 2.45) is 0 Å². The van der Waals surface area contributed by atoms with Gasteiger partial charge in [-0.15, -0.1) is 0 Å². The Morgan fingerprint density at radius 3 is 3.06 bits per heavy atom. The van der Waals surface area contributed by atoms with Crippen molar-refractivity contribution in [1.82, 2.24) is 9.97 Å². The summed E-state index contributed by atoms with van der Waals surface area (Å²) >= 11 is 7.96. The van der Waals surface area contributed by atoms with Crippen LogP contribution in [0, 0.1) is 0 Å². The number of H-pyrrole nitrogens is 1. The van der Waals surface area contributed by atoms with Crippen LogP contribution in [0.2, 0.25) is 5.02 Å². The van der Waals surface area contributed by atoms with Crippen molar-refractivity contribution in [3.05, 3.63) is 23.0 Å². The lowest BCUT2D eigenvalue weighted by Crippen LogP contribution is -2.03. The highest BCUT2D eigenvalue weighted by atomic mass is 35.5. The summed E-state index contributed by atoms with van der Waals surface area (Å²) in [5.74, 6) is 2.26. The third kappa shape index (κ3) is 2.11. The number of imidazole rings is 1. The van der Waals surface area contributed by atoms with Gasteiger partial charge < -0.3 is 10.7 Å². The lowest BCUT2D eigenvalue weighted by molar-refractivity contribution is 0.668. The average Bonchev–Trinajstić information content (AvgIpc) is 2.74. The van der Waals surface area contributed by atoms with Crippen LogP contribution in [0.5, 0.6) is 0 Å². The van der Waals surface area contributed by atoms with E-state index >= 15 is 0 Å². The number of benzene rings is 1. The Kier molecular flexibility index (Phi) is 2.92. The number of nitrogen functional groups attached to an aromatic ring is 1. The number of nitrogens with one attached hydrogen (secondary N) is 1. The summed E-state index contributed by atoms with van der Waals surface area (Å²) in [5.41, 5.74) is 8.36. The van der Waals surface area contributed by atoms with Crippen LogP contribution in [0.4, 0.5) is 5.69 Å². The summed E-state index contributed by atoms with van der Waals surface area (Å²) in [6, 6.07) is 3.64. The van der Waals surface area contributed by atoms with Crippen LogP contribution < -0.4 is 5.73 Å². The monoisotopic (exact) mass is 267 g/mol. The van der Waals surface area contributed by atoms with Gasteiger partial charge in [-0.1, -0.05) is 18.0 Å². The van der Waals surface area contributed by atoms with E-state index in [0.717, 1.165) is 16.9 Å². The SMILES string of the molecule is Nc1cc(Cl)cc2[nH]c(C3CCCCS3)nc12. The quantitative estimate of drug-likeness (QED) is 0.774. The minimum Gasteiger partial charge on any atom is -0.397 e. The second-order valence-corrected chi connectivity index (χ2v) is 6.12. The van der Waals surface area contributed by atoms with Gasteiger partial charge in [0.15, 0.2) is 0 Å². The van der Waals surface area contributed by atoms with E-state index in [2.05, 4.69) is 9.97 Å². The maximum atomic E-state index is 5.99. The number of halogens is 1. The third-order valence-electron chi connectivity index (χ3n) is 3.08. The number of anilines is 1. The smallest absolute Gasteiger partial charge is 0.120 e. The molecular formula is C12H14ClN3S. The zero-order valence-corrected chi connectivity index (χ0v) is 10.9. The summed E-state index contributed by atoms with van der Waals surface area (Å²) in [4.78, 5) is 7.97. The van der Waals surface area contributed by atoms with Gasteiger partial charge in [0, 0.05) is 5.02 Å². The van der Waals surface area contributed by atoms with Crippen LogP contribution in [0.3, 0.4) is 0 Å². The van der Waals surface area contributed by atoms with Crippen molar-refractivity contribution in [2.45, 2.75) is 24.5 Å². The van der Waals surface area contributed by atoms with Gasteiger partial charge in [0.05, 0.1) is 16.5 Å². The van der Waals surface area contributed by atoms with E-state index in [0.29, 0.717) is 16.0 Å². The summed E-state index contributed by atoms with van der Waals surface area (Å²) in [6.45, 7) is 0. The Hall–Kier alpha value is -0.870. The van der Waals surface area contributed by atoms with Crippen LogP contribution in [-0.2, 0) is 0 Å². The van der Waals surface area contributed by atoms with Crippen molar-refractivity contribution in [3.63, 3.8) is 0 Å². The first kappa shape index (κ1) is 11.2. The van der Waals surface area contributed by atoms with Gasteiger partial charge in [0.25, 0.3) is 0 Å². The molecule has 2 aromatic rings. The molecule has 1 unspecified atom stereocenters. The number of nitrogens with zero attached hydrogens (tertiary/aromatic N) is 1. The molecule has 17 heavy (non-hydrogen) atoms. The summed E-state index contributed by atoms with van der Waals surface area (Å²) < 4.78 is 0. The zero-order chi connectivity index (χ0) is 11.8. The van der Waals surface area contributed by atoms with Gasteiger partial charge in [-0.05, 0) is 30.7 Å². The lowest BCUT2D eigenvalue weighted by Gasteiger charge is -2.18. The number of hydrogen-bond acceptors (Lipinski definition) is 3. The number of fused-ring (bicyclic) bond motifs is 1. The number of aromatic nitrogens is 2. The van der Waals surface area contributed by atoms with Crippen LogP contribution >= 0.6 is 23.4 Å². The van der Waals surface area contributed by atoms with E-state index in [1.54, 1.807) is 6.07 Å². The van der Waals surface area contributed by atoms with E-state index in [1.807, 2.05) is 17.8 Å². The number of thioether (sulfide) groups is 1. The maximum Gasteiger partial charge on any atom is 0.120 e. The van der Waals surface area contributed by atoms with Gasteiger partial charge in [-0.2, -0.15) is 11.8 Å². The standard InChI is InChI=1S/C12H14ClN3S/c13-7-5-8(14)11-9(6-7)15-12(16-11)10-3-1-2-4-17-10/h5-6,10H,1-4,14H2,(H,15,16). The molecule has 90 valence electrons. The van der Waals surface area contributed by atoms with E-state index in [-0.39, 0.29) is 0 Å². The Morgan fingerprint density at radius 1 is 1.41 bits per heavy atom. The Bertz CT molecular complexity index is 546. The molecule has 1 aromatic heterocycles. The molecule has 0 spiro atoms. The molecule has 0 saturated carbocycles. The molecule has 5 heteroatoms. The average molecular weight is 268 g/mol. The second kappa shape index (κ2) is 4.42. The predicted octanol–water partition coefficient (Wildman–Crippen LogP) is 3.76.